The zero-order valence-corrected chi connectivity index (χ0v) is 16.0. The lowest BCUT2D eigenvalue weighted by Crippen LogP contribution is -2.47. The second-order valence-corrected chi connectivity index (χ2v) is 6.97. The first-order valence-electron chi connectivity index (χ1n) is 8.80. The topological polar surface area (TPSA) is 84.7 Å². The van der Waals surface area contributed by atoms with Gasteiger partial charge < -0.3 is 14.6 Å². The Bertz CT molecular complexity index is 815. The third-order valence-corrected chi connectivity index (χ3v) is 5.05. The molecule has 1 saturated heterocycles. The van der Waals surface area contributed by atoms with E-state index in [1.165, 1.54) is 7.11 Å². The molecule has 1 fully saturated rings. The smallest absolute Gasteiger partial charge is 0.327 e. The van der Waals surface area contributed by atoms with Crippen molar-refractivity contribution in [3.05, 3.63) is 52.4 Å². The van der Waals surface area contributed by atoms with Crippen molar-refractivity contribution in [3.8, 4) is 0 Å². The molecule has 144 valence electrons. The normalized spacial score (nSPS) is 16.7. The van der Waals surface area contributed by atoms with Crippen LogP contribution < -0.4 is 5.32 Å². The highest BCUT2D eigenvalue weighted by atomic mass is 35.5. The quantitative estimate of drug-likeness (QED) is 0.789. The zero-order valence-electron chi connectivity index (χ0n) is 15.3. The Hall–Kier alpha value is -2.38. The Morgan fingerprint density at radius 3 is 2.63 bits per heavy atom. The molecule has 0 bridgehead atoms. The molecule has 0 unspecified atom stereocenters. The fraction of sp³-hybridized carbons (Fsp3) is 0.421. The van der Waals surface area contributed by atoms with Crippen LogP contribution in [-0.2, 0) is 9.53 Å². The number of carbonyl (C=O) groups excluding carboxylic acids is 2. The summed E-state index contributed by atoms with van der Waals surface area (Å²) in [7, 11) is 1.37. The van der Waals surface area contributed by atoms with Crippen molar-refractivity contribution < 1.29 is 18.8 Å². The maximum atomic E-state index is 12.4. The molecule has 0 spiro atoms. The van der Waals surface area contributed by atoms with Crippen molar-refractivity contribution in [2.45, 2.75) is 31.8 Å². The first-order chi connectivity index (χ1) is 13.0. The molecule has 0 aliphatic carbocycles. The Balaban J connectivity index is 1.65. The average Bonchev–Trinajstić information content (AvgIpc) is 3.11. The van der Waals surface area contributed by atoms with Crippen LogP contribution in [0.1, 0.15) is 40.7 Å². The highest BCUT2D eigenvalue weighted by molar-refractivity contribution is 6.31. The van der Waals surface area contributed by atoms with E-state index in [2.05, 4.69) is 10.5 Å². The number of aromatic nitrogens is 1. The molecule has 0 radical (unpaired) electrons. The molecule has 0 saturated carbocycles. The van der Waals surface area contributed by atoms with E-state index in [4.69, 9.17) is 20.9 Å². The van der Waals surface area contributed by atoms with Gasteiger partial charge in [-0.05, 0) is 31.4 Å². The molecule has 1 N–H and O–H groups in total. The van der Waals surface area contributed by atoms with Gasteiger partial charge in [-0.25, -0.2) is 4.79 Å². The van der Waals surface area contributed by atoms with Crippen molar-refractivity contribution in [1.82, 2.24) is 15.4 Å². The molecule has 1 aromatic heterocycles. The highest BCUT2D eigenvalue weighted by Crippen LogP contribution is 2.30. The number of esters is 1. The van der Waals surface area contributed by atoms with Crippen LogP contribution in [-0.4, -0.2) is 48.2 Å². The maximum Gasteiger partial charge on any atom is 0.327 e. The second-order valence-electron chi connectivity index (χ2n) is 6.56. The van der Waals surface area contributed by atoms with E-state index in [1.807, 2.05) is 23.1 Å². The molecule has 27 heavy (non-hydrogen) atoms. The fourth-order valence-electron chi connectivity index (χ4n) is 3.31. The fourth-order valence-corrected chi connectivity index (χ4v) is 3.55. The van der Waals surface area contributed by atoms with E-state index >= 15 is 0 Å². The molecular weight excluding hydrogens is 370 g/mol. The molecule has 2 heterocycles. The van der Waals surface area contributed by atoms with Crippen LogP contribution in [0.2, 0.25) is 5.02 Å². The Morgan fingerprint density at radius 1 is 1.33 bits per heavy atom. The number of hydrogen-bond donors (Lipinski definition) is 1. The number of likely N-dealkylation sites (tertiary alicyclic amines) is 1. The first-order valence-corrected chi connectivity index (χ1v) is 9.18. The third kappa shape index (κ3) is 4.48. The number of aryl methyl sites for hydroxylation is 1. The molecular formula is C19H22ClN3O4. The number of piperidine rings is 1. The van der Waals surface area contributed by atoms with Gasteiger partial charge in [0.15, 0.2) is 0 Å². The second kappa shape index (κ2) is 8.54. The Morgan fingerprint density at radius 2 is 2.04 bits per heavy atom. The minimum absolute atomic E-state index is 0.00342. The lowest BCUT2D eigenvalue weighted by Gasteiger charge is -2.36. The summed E-state index contributed by atoms with van der Waals surface area (Å²) in [5.41, 5.74) is 1.39. The molecule has 1 aliphatic heterocycles. The molecule has 1 amide bonds. The largest absolute Gasteiger partial charge is 0.468 e. The van der Waals surface area contributed by atoms with Crippen LogP contribution in [0, 0.1) is 6.92 Å². The number of carbonyl (C=O) groups is 2. The van der Waals surface area contributed by atoms with Crippen LogP contribution in [0.5, 0.6) is 0 Å². The summed E-state index contributed by atoms with van der Waals surface area (Å²) in [6.07, 6.45) is 1.41. The number of nitrogens with zero attached hydrogens (tertiary/aromatic N) is 2. The Labute approximate surface area is 162 Å². The lowest BCUT2D eigenvalue weighted by atomic mass is 9.99. The number of benzene rings is 1. The lowest BCUT2D eigenvalue weighted by molar-refractivity contribution is -0.147. The number of amides is 1. The maximum absolute atomic E-state index is 12.4. The number of nitrogens with one attached hydrogen (secondary N) is 1. The predicted molar refractivity (Wildman–Crippen MR) is 99.5 cm³/mol. The minimum Gasteiger partial charge on any atom is -0.468 e. The molecule has 1 atom stereocenters. The minimum atomic E-state index is -0.558. The van der Waals surface area contributed by atoms with Gasteiger partial charge in [0.05, 0.1) is 12.8 Å². The van der Waals surface area contributed by atoms with Crippen molar-refractivity contribution in [2.24, 2.45) is 0 Å². The number of rotatable bonds is 5. The number of halogens is 1. The summed E-state index contributed by atoms with van der Waals surface area (Å²) < 4.78 is 9.99. The monoisotopic (exact) mass is 391 g/mol. The van der Waals surface area contributed by atoms with Gasteiger partial charge in [-0.3, -0.25) is 9.69 Å². The van der Waals surface area contributed by atoms with Crippen molar-refractivity contribution in [1.29, 1.82) is 0 Å². The number of hydrogen-bond acceptors (Lipinski definition) is 6. The molecule has 7 nitrogen and oxygen atoms in total. The SMILES string of the molecule is COC(=O)[C@@H](c1ccccc1Cl)N1CCC(NC(=O)c2cc(C)no2)CC1. The summed E-state index contributed by atoms with van der Waals surface area (Å²) in [4.78, 5) is 26.6. The molecule has 8 heteroatoms. The third-order valence-electron chi connectivity index (χ3n) is 4.71. The predicted octanol–water partition coefficient (Wildman–Crippen LogP) is 2.74. The molecule has 1 aliphatic rings. The number of methoxy groups -OCH3 is 1. The van der Waals surface area contributed by atoms with E-state index < -0.39 is 6.04 Å². The molecule has 3 rings (SSSR count). The van der Waals surface area contributed by atoms with Gasteiger partial charge in [-0.2, -0.15) is 0 Å². The van der Waals surface area contributed by atoms with Crippen molar-refractivity contribution in [3.63, 3.8) is 0 Å². The van der Waals surface area contributed by atoms with Gasteiger partial charge in [0, 0.05) is 30.2 Å². The summed E-state index contributed by atoms with van der Waals surface area (Å²) in [6.45, 7) is 3.02. The first kappa shape index (κ1) is 19.4. The van der Waals surface area contributed by atoms with E-state index in [-0.39, 0.29) is 23.7 Å². The summed E-state index contributed by atoms with van der Waals surface area (Å²) >= 11 is 6.30. The van der Waals surface area contributed by atoms with Crippen molar-refractivity contribution in [2.75, 3.05) is 20.2 Å². The Kier molecular flexibility index (Phi) is 6.13. The van der Waals surface area contributed by atoms with Crippen LogP contribution in [0.3, 0.4) is 0 Å². The van der Waals surface area contributed by atoms with E-state index in [9.17, 15) is 9.59 Å². The van der Waals surface area contributed by atoms with E-state index in [0.29, 0.717) is 36.6 Å². The molecule has 2 aromatic rings. The standard InChI is InChI=1S/C19H22ClN3O4/c1-12-11-16(27-22-12)18(24)21-13-7-9-23(10-8-13)17(19(25)26-2)14-5-3-4-6-15(14)20/h3-6,11,13,17H,7-10H2,1-2H3,(H,21,24)/t17-/m1/s1. The summed E-state index contributed by atoms with van der Waals surface area (Å²) in [6, 6.07) is 8.33. The summed E-state index contributed by atoms with van der Waals surface area (Å²) in [5, 5.41) is 7.22. The van der Waals surface area contributed by atoms with Gasteiger partial charge in [0.1, 0.15) is 6.04 Å². The van der Waals surface area contributed by atoms with Gasteiger partial charge in [0.25, 0.3) is 5.91 Å². The van der Waals surface area contributed by atoms with Gasteiger partial charge >= 0.3 is 5.97 Å². The van der Waals surface area contributed by atoms with Gasteiger partial charge in [-0.1, -0.05) is 35.0 Å². The van der Waals surface area contributed by atoms with E-state index in [1.54, 1.807) is 19.1 Å². The average molecular weight is 392 g/mol. The zero-order chi connectivity index (χ0) is 19.4. The van der Waals surface area contributed by atoms with E-state index in [0.717, 1.165) is 5.56 Å². The van der Waals surface area contributed by atoms with Gasteiger partial charge in [-0.15, -0.1) is 0 Å². The van der Waals surface area contributed by atoms with Crippen LogP contribution >= 0.6 is 11.6 Å². The number of ether oxygens (including phenoxy) is 1. The van der Waals surface area contributed by atoms with Gasteiger partial charge in [0.2, 0.25) is 5.76 Å². The highest BCUT2D eigenvalue weighted by Gasteiger charge is 2.33. The van der Waals surface area contributed by atoms with Crippen molar-refractivity contribution >= 4 is 23.5 Å². The van der Waals surface area contributed by atoms with Crippen LogP contribution in [0.4, 0.5) is 0 Å². The van der Waals surface area contributed by atoms with Crippen LogP contribution in [0.15, 0.2) is 34.9 Å². The summed E-state index contributed by atoms with van der Waals surface area (Å²) in [5.74, 6) is -0.411. The van der Waals surface area contributed by atoms with Crippen LogP contribution in [0.25, 0.3) is 0 Å². The molecule has 1 aromatic carbocycles.